The zero-order valence-electron chi connectivity index (χ0n) is 30.7. The fourth-order valence-corrected chi connectivity index (χ4v) is 3.75. The Balaban J connectivity index is 0. The second kappa shape index (κ2) is 18.3. The first kappa shape index (κ1) is 26.3. The third-order valence-corrected chi connectivity index (χ3v) is 5.35. The van der Waals surface area contributed by atoms with Crippen molar-refractivity contribution in [3.8, 4) is 23.0 Å². The molecule has 0 aromatic heterocycles. The molecule has 0 aliphatic rings. The van der Waals surface area contributed by atoms with Gasteiger partial charge in [0.15, 0.2) is 32.8 Å². The fraction of sp³-hybridized carbons (Fsp3) is 0.481. The third-order valence-electron chi connectivity index (χ3n) is 4.20. The number of methoxy groups -OCH3 is 2. The van der Waals surface area contributed by atoms with Crippen molar-refractivity contribution in [1.29, 1.82) is 0 Å². The lowest BCUT2D eigenvalue weighted by molar-refractivity contribution is 0.310. The van der Waals surface area contributed by atoms with E-state index in [1.54, 1.807) is 25.1 Å². The van der Waals surface area contributed by atoms with Crippen LogP contribution in [0.15, 0.2) is 41.8 Å². The van der Waals surface area contributed by atoms with Gasteiger partial charge in [0.2, 0.25) is 0 Å². The van der Waals surface area contributed by atoms with Crippen molar-refractivity contribution in [3.05, 3.63) is 52.9 Å². The summed E-state index contributed by atoms with van der Waals surface area (Å²) in [6, 6.07) is 7.17. The number of hydrogen-bond acceptors (Lipinski definition) is 10. The quantitative estimate of drug-likeness (QED) is 0.385. The van der Waals surface area contributed by atoms with Crippen LogP contribution in [0, 0.1) is 0 Å². The Morgan fingerprint density at radius 2 is 1.49 bits per heavy atom. The van der Waals surface area contributed by atoms with Crippen LogP contribution in [0.3, 0.4) is 0 Å². The van der Waals surface area contributed by atoms with E-state index < -0.39 is 43.0 Å². The van der Waals surface area contributed by atoms with E-state index in [1.807, 2.05) is 20.8 Å². The highest BCUT2D eigenvalue weighted by Gasteiger charge is 2.15. The molecule has 12 heteroatoms. The number of ether oxygens (including phenoxy) is 4. The van der Waals surface area contributed by atoms with Gasteiger partial charge in [-0.2, -0.15) is 0 Å². The van der Waals surface area contributed by atoms with Gasteiger partial charge in [-0.25, -0.2) is 16.8 Å². The molecular formula is C27H46N2O8S2. The Hall–Kier alpha value is -2.96. The number of rotatable bonds is 11. The topological polar surface area (TPSA) is 157 Å². The van der Waals surface area contributed by atoms with E-state index >= 15 is 0 Å². The maximum Gasteiger partial charge on any atom is 0.170 e. The average Bonchev–Trinajstić information content (AvgIpc) is 3.01. The van der Waals surface area contributed by atoms with Crippen molar-refractivity contribution in [3.63, 3.8) is 0 Å². The zero-order chi connectivity index (χ0) is 36.7. The summed E-state index contributed by atoms with van der Waals surface area (Å²) < 4.78 is 117. The van der Waals surface area contributed by atoms with Gasteiger partial charge in [-0.05, 0) is 49.7 Å². The van der Waals surface area contributed by atoms with Crippen molar-refractivity contribution >= 4 is 25.4 Å². The minimum Gasteiger partial charge on any atom is -0.493 e. The molecule has 39 heavy (non-hydrogen) atoms. The van der Waals surface area contributed by atoms with E-state index in [9.17, 15) is 16.8 Å². The van der Waals surface area contributed by atoms with Gasteiger partial charge in [0.25, 0.3) is 0 Å². The lowest BCUT2D eigenvalue weighted by atomic mass is 10.1. The Kier molecular flexibility index (Phi) is 12.4. The molecule has 0 radical (unpaired) electrons. The molecule has 4 N–H and O–H groups in total. The van der Waals surface area contributed by atoms with Gasteiger partial charge in [0.1, 0.15) is 9.84 Å². The molecule has 224 valence electrons. The zero-order valence-corrected chi connectivity index (χ0v) is 25.3. The summed E-state index contributed by atoms with van der Waals surface area (Å²) in [7, 11) is -4.60. The highest BCUT2D eigenvalue weighted by atomic mass is 32.2. The normalized spacial score (nSPS) is 15.3. The van der Waals surface area contributed by atoms with Gasteiger partial charge in [-0.3, -0.25) is 0 Å². The van der Waals surface area contributed by atoms with Gasteiger partial charge < -0.3 is 30.4 Å². The first-order valence-electron chi connectivity index (χ1n) is 15.5. The van der Waals surface area contributed by atoms with Crippen molar-refractivity contribution in [2.24, 2.45) is 11.5 Å². The van der Waals surface area contributed by atoms with E-state index in [4.69, 9.17) is 40.0 Å². The maximum absolute atomic E-state index is 11.9. The summed E-state index contributed by atoms with van der Waals surface area (Å²) in [5.74, 6) is 1.59. The van der Waals surface area contributed by atoms with Crippen LogP contribution in [0.4, 0.5) is 0 Å². The molecule has 10 nitrogen and oxygen atoms in total. The average molecular weight is 598 g/mol. The van der Waals surface area contributed by atoms with Gasteiger partial charge in [-0.15, -0.1) is 0 Å². The molecule has 2 aromatic carbocycles. The van der Waals surface area contributed by atoms with Gasteiger partial charge >= 0.3 is 0 Å². The van der Waals surface area contributed by atoms with Crippen molar-refractivity contribution in [2.45, 2.75) is 41.1 Å². The summed E-state index contributed by atoms with van der Waals surface area (Å²) >= 11 is 0. The van der Waals surface area contributed by atoms with E-state index in [-0.39, 0.29) is 17.0 Å². The summed E-state index contributed by atoms with van der Waals surface area (Å²) in [4.78, 5) is 0. The lowest BCUT2D eigenvalue weighted by Gasteiger charge is -2.15. The molecule has 1 atom stereocenters. The van der Waals surface area contributed by atoms with E-state index in [0.29, 0.717) is 36.0 Å². The summed E-state index contributed by atoms with van der Waals surface area (Å²) in [6.45, 7) is 8.28. The predicted molar refractivity (Wildman–Crippen MR) is 160 cm³/mol. The van der Waals surface area contributed by atoms with Crippen LogP contribution in [-0.4, -0.2) is 62.4 Å². The van der Waals surface area contributed by atoms with Gasteiger partial charge in [-0.1, -0.05) is 27.3 Å². The molecule has 2 aromatic rings. The third kappa shape index (κ3) is 14.7. The van der Waals surface area contributed by atoms with E-state index in [0.717, 1.165) is 6.26 Å². The molecule has 0 fully saturated rings. The van der Waals surface area contributed by atoms with Crippen LogP contribution in [0.1, 0.15) is 61.9 Å². The molecule has 0 amide bonds. The molecule has 0 saturated carbocycles. The van der Waals surface area contributed by atoms with Crippen LogP contribution in [-0.2, 0) is 19.7 Å². The maximum atomic E-state index is 11.9. The highest BCUT2D eigenvalue weighted by Crippen LogP contribution is 2.31. The van der Waals surface area contributed by atoms with Crippen molar-refractivity contribution in [1.82, 2.24) is 0 Å². The van der Waals surface area contributed by atoms with Crippen LogP contribution < -0.4 is 30.4 Å². The lowest BCUT2D eigenvalue weighted by Crippen LogP contribution is -2.20. The van der Waals surface area contributed by atoms with Crippen LogP contribution >= 0.6 is 0 Å². The molecule has 0 unspecified atom stereocenters. The molecule has 2 rings (SSSR count). The summed E-state index contributed by atoms with van der Waals surface area (Å²) in [5.41, 5.74) is 8.58. The molecule has 0 heterocycles. The summed E-state index contributed by atoms with van der Waals surface area (Å²) in [5, 5.41) is -0.611. The van der Waals surface area contributed by atoms with Crippen LogP contribution in [0.25, 0.3) is 5.70 Å². The number of sulfone groups is 2. The molecule has 0 bridgehead atoms. The van der Waals surface area contributed by atoms with Crippen molar-refractivity contribution < 1.29 is 45.4 Å². The monoisotopic (exact) mass is 597 g/mol. The first-order chi connectivity index (χ1) is 21.2. The molecule has 0 saturated heterocycles. The SMILES string of the molecule is CC.[2H]C.[2H]C(=C(N)c1ccc(OC)c(OCC)c1)S(C)(=O)=O.[2H]C([2H])([2H])S(=O)(=O)C([2H])([2H])[C@@H](N)c1ccc(OC)c(OCC)c1. The minimum absolute atomic E-state index is 0.0760. The van der Waals surface area contributed by atoms with Crippen LogP contribution in [0.2, 0.25) is 0 Å². The van der Waals surface area contributed by atoms with Gasteiger partial charge in [0.05, 0.1) is 45.6 Å². The predicted octanol–water partition coefficient (Wildman–Crippen LogP) is 4.20. The number of nitrogens with two attached hydrogens (primary N) is 2. The molecule has 0 aliphatic carbocycles. The van der Waals surface area contributed by atoms with E-state index in [2.05, 4.69) is 0 Å². The molecular weight excluding hydrogens is 544 g/mol. The Morgan fingerprint density at radius 3 is 1.92 bits per heavy atom. The number of hydrogen-bond donors (Lipinski definition) is 2. The van der Waals surface area contributed by atoms with Gasteiger partial charge in [0, 0.05) is 32.3 Å². The highest BCUT2D eigenvalue weighted by molar-refractivity contribution is 7.93. The second-order valence-corrected chi connectivity index (χ2v) is 10.0. The molecule has 0 spiro atoms. The van der Waals surface area contributed by atoms with E-state index in [1.165, 1.54) is 39.8 Å². The molecule has 0 aliphatic heterocycles. The Bertz CT molecular complexity index is 1490. The van der Waals surface area contributed by atoms with Crippen LogP contribution in [0.5, 0.6) is 23.0 Å². The Morgan fingerprint density at radius 1 is 1.00 bits per heavy atom. The Labute approximate surface area is 245 Å². The van der Waals surface area contributed by atoms with Crippen molar-refractivity contribution in [2.75, 3.05) is 45.6 Å². The second-order valence-electron chi connectivity index (χ2n) is 7.03. The first-order valence-corrected chi connectivity index (χ1v) is 14.9. The standard InChI is InChI=1S/C12H19NO4S.C12H17NO4S.C2H6.CH4/c2*1-4-17-12-7-9(5-6-11(12)16-2)10(13)8-18(3,14)15;1-2;/h5-7,10H,4,8,13H2,1-3H3;5-8H,4,13H2,1-3H3;1-2H3;1H4/t10-;;;/m1.../s1/i3D3,8D2;8D;;1D. The summed E-state index contributed by atoms with van der Waals surface area (Å²) in [6.07, 6.45) is -2.57. The minimum atomic E-state index is -5.13. The largest absolute Gasteiger partial charge is 0.493 e. The fourth-order valence-electron chi connectivity index (χ4n) is 2.76. The smallest absolute Gasteiger partial charge is 0.170 e. The number of benzene rings is 2.